The second-order valence-corrected chi connectivity index (χ2v) is 7.27. The Kier molecular flexibility index (Phi) is 5.00. The van der Waals surface area contributed by atoms with Crippen molar-refractivity contribution in [2.75, 3.05) is 32.8 Å². The van der Waals surface area contributed by atoms with Crippen molar-refractivity contribution < 1.29 is 4.74 Å². The first-order chi connectivity index (χ1) is 9.81. The monoisotopic (exact) mass is 280 g/mol. The molecule has 1 spiro atoms. The van der Waals surface area contributed by atoms with Crippen molar-refractivity contribution in [3.63, 3.8) is 0 Å². The summed E-state index contributed by atoms with van der Waals surface area (Å²) in [5.41, 5.74) is 0.454. The SMILES string of the molecule is CCC1CNC2(CCCCC2)CN1CCC1CCOC1. The van der Waals surface area contributed by atoms with Crippen molar-refractivity contribution in [2.24, 2.45) is 5.92 Å². The van der Waals surface area contributed by atoms with Crippen molar-refractivity contribution in [1.29, 1.82) is 0 Å². The molecule has 3 heteroatoms. The predicted molar refractivity (Wildman–Crippen MR) is 83.0 cm³/mol. The second kappa shape index (κ2) is 6.76. The lowest BCUT2D eigenvalue weighted by Gasteiger charge is -2.50. The molecule has 2 heterocycles. The molecule has 20 heavy (non-hydrogen) atoms. The molecule has 3 fully saturated rings. The van der Waals surface area contributed by atoms with Crippen LogP contribution in [0.4, 0.5) is 0 Å². The van der Waals surface area contributed by atoms with Gasteiger partial charge in [-0.25, -0.2) is 0 Å². The zero-order valence-electron chi connectivity index (χ0n) is 13.2. The van der Waals surface area contributed by atoms with Crippen LogP contribution in [0.5, 0.6) is 0 Å². The molecule has 1 aliphatic carbocycles. The molecule has 3 aliphatic rings. The Morgan fingerprint density at radius 3 is 2.80 bits per heavy atom. The summed E-state index contributed by atoms with van der Waals surface area (Å²) in [6.45, 7) is 8.13. The van der Waals surface area contributed by atoms with Crippen molar-refractivity contribution in [3.8, 4) is 0 Å². The van der Waals surface area contributed by atoms with E-state index in [4.69, 9.17) is 4.74 Å². The van der Waals surface area contributed by atoms with Gasteiger partial charge in [0.2, 0.25) is 0 Å². The molecule has 3 nitrogen and oxygen atoms in total. The first-order valence-electron chi connectivity index (χ1n) is 8.88. The van der Waals surface area contributed by atoms with Crippen LogP contribution in [0.25, 0.3) is 0 Å². The topological polar surface area (TPSA) is 24.5 Å². The maximum Gasteiger partial charge on any atom is 0.0495 e. The second-order valence-electron chi connectivity index (χ2n) is 7.27. The third-order valence-corrected chi connectivity index (χ3v) is 5.87. The fourth-order valence-electron chi connectivity index (χ4n) is 4.42. The van der Waals surface area contributed by atoms with Gasteiger partial charge in [-0.2, -0.15) is 0 Å². The summed E-state index contributed by atoms with van der Waals surface area (Å²) in [6, 6.07) is 0.755. The minimum atomic E-state index is 0.454. The van der Waals surface area contributed by atoms with E-state index < -0.39 is 0 Å². The maximum atomic E-state index is 5.53. The standard InChI is InChI=1S/C17H32N2O/c1-2-16-12-18-17(8-4-3-5-9-17)14-19(16)10-6-15-7-11-20-13-15/h15-16,18H,2-14H2,1H3. The van der Waals surface area contributed by atoms with E-state index in [2.05, 4.69) is 17.1 Å². The first-order valence-corrected chi connectivity index (χ1v) is 8.88. The smallest absolute Gasteiger partial charge is 0.0495 e. The van der Waals surface area contributed by atoms with Crippen molar-refractivity contribution in [1.82, 2.24) is 10.2 Å². The van der Waals surface area contributed by atoms with Crippen LogP contribution in [0.2, 0.25) is 0 Å². The van der Waals surface area contributed by atoms with Gasteiger partial charge in [0.25, 0.3) is 0 Å². The molecule has 0 bridgehead atoms. The van der Waals surface area contributed by atoms with Crippen LogP contribution in [0.3, 0.4) is 0 Å². The van der Waals surface area contributed by atoms with Crippen LogP contribution in [0.15, 0.2) is 0 Å². The molecule has 2 unspecified atom stereocenters. The van der Waals surface area contributed by atoms with Crippen molar-refractivity contribution in [2.45, 2.75) is 69.9 Å². The highest BCUT2D eigenvalue weighted by atomic mass is 16.5. The van der Waals surface area contributed by atoms with E-state index in [1.807, 2.05) is 0 Å². The number of hydrogen-bond donors (Lipinski definition) is 1. The molecule has 3 rings (SSSR count). The van der Waals surface area contributed by atoms with E-state index in [1.165, 1.54) is 71.0 Å². The Balaban J connectivity index is 1.56. The molecule has 2 saturated heterocycles. The van der Waals surface area contributed by atoms with Gasteiger partial charge in [0.1, 0.15) is 0 Å². The van der Waals surface area contributed by atoms with Gasteiger partial charge in [0.15, 0.2) is 0 Å². The largest absolute Gasteiger partial charge is 0.381 e. The van der Waals surface area contributed by atoms with E-state index in [0.717, 1.165) is 25.2 Å². The van der Waals surface area contributed by atoms with Crippen molar-refractivity contribution in [3.05, 3.63) is 0 Å². The minimum absolute atomic E-state index is 0.454. The average Bonchev–Trinajstić information content (AvgIpc) is 2.99. The third-order valence-electron chi connectivity index (χ3n) is 5.87. The summed E-state index contributed by atoms with van der Waals surface area (Å²) in [6.07, 6.45) is 11.0. The third kappa shape index (κ3) is 3.37. The van der Waals surface area contributed by atoms with Gasteiger partial charge in [-0.1, -0.05) is 26.2 Å². The van der Waals surface area contributed by atoms with Crippen LogP contribution < -0.4 is 5.32 Å². The van der Waals surface area contributed by atoms with Crippen LogP contribution >= 0.6 is 0 Å². The Labute approximate surface area is 124 Å². The summed E-state index contributed by atoms with van der Waals surface area (Å²) in [4.78, 5) is 2.81. The molecule has 0 aromatic rings. The summed E-state index contributed by atoms with van der Waals surface area (Å²) in [5, 5.41) is 3.93. The van der Waals surface area contributed by atoms with Crippen LogP contribution in [0.1, 0.15) is 58.3 Å². The van der Waals surface area contributed by atoms with E-state index in [-0.39, 0.29) is 0 Å². The lowest BCUT2D eigenvalue weighted by molar-refractivity contribution is 0.0494. The van der Waals surface area contributed by atoms with Gasteiger partial charge in [0.05, 0.1) is 0 Å². The van der Waals surface area contributed by atoms with Gasteiger partial charge >= 0.3 is 0 Å². The fourth-order valence-corrected chi connectivity index (χ4v) is 4.42. The molecular weight excluding hydrogens is 248 g/mol. The van der Waals surface area contributed by atoms with Gasteiger partial charge < -0.3 is 10.1 Å². The van der Waals surface area contributed by atoms with E-state index in [1.54, 1.807) is 0 Å². The summed E-state index contributed by atoms with van der Waals surface area (Å²) in [5.74, 6) is 0.824. The Morgan fingerprint density at radius 1 is 1.25 bits per heavy atom. The maximum absolute atomic E-state index is 5.53. The fraction of sp³-hybridized carbons (Fsp3) is 1.00. The molecule has 0 aromatic carbocycles. The Morgan fingerprint density at radius 2 is 2.10 bits per heavy atom. The van der Waals surface area contributed by atoms with Gasteiger partial charge in [-0.3, -0.25) is 4.90 Å². The molecule has 1 N–H and O–H groups in total. The minimum Gasteiger partial charge on any atom is -0.381 e. The first kappa shape index (κ1) is 14.8. The number of ether oxygens (including phenoxy) is 1. The summed E-state index contributed by atoms with van der Waals surface area (Å²) in [7, 11) is 0. The quantitative estimate of drug-likeness (QED) is 0.857. The molecule has 0 radical (unpaired) electrons. The average molecular weight is 280 g/mol. The van der Waals surface area contributed by atoms with E-state index >= 15 is 0 Å². The lowest BCUT2D eigenvalue weighted by atomic mass is 9.79. The predicted octanol–water partition coefficient (Wildman–Crippen LogP) is 2.80. The highest BCUT2D eigenvalue weighted by molar-refractivity contribution is 4.99. The molecule has 2 aliphatic heterocycles. The highest BCUT2D eigenvalue weighted by Crippen LogP contribution is 2.32. The number of hydrogen-bond acceptors (Lipinski definition) is 3. The van der Waals surface area contributed by atoms with Gasteiger partial charge in [-0.05, 0) is 44.6 Å². The molecule has 116 valence electrons. The van der Waals surface area contributed by atoms with Crippen LogP contribution in [-0.4, -0.2) is 49.3 Å². The van der Waals surface area contributed by atoms with Crippen molar-refractivity contribution >= 4 is 0 Å². The number of nitrogens with one attached hydrogen (secondary N) is 1. The molecular formula is C17H32N2O. The van der Waals surface area contributed by atoms with Gasteiger partial charge in [-0.15, -0.1) is 0 Å². The number of nitrogens with zero attached hydrogens (tertiary/aromatic N) is 1. The number of piperazine rings is 1. The Bertz CT molecular complexity index is 295. The lowest BCUT2D eigenvalue weighted by Crippen LogP contribution is -2.64. The van der Waals surface area contributed by atoms with E-state index in [0.29, 0.717) is 5.54 Å². The van der Waals surface area contributed by atoms with Crippen LogP contribution in [-0.2, 0) is 4.74 Å². The van der Waals surface area contributed by atoms with Gasteiger partial charge in [0, 0.05) is 37.9 Å². The number of rotatable bonds is 4. The van der Waals surface area contributed by atoms with E-state index in [9.17, 15) is 0 Å². The molecule has 0 aromatic heterocycles. The summed E-state index contributed by atoms with van der Waals surface area (Å²) >= 11 is 0. The zero-order valence-corrected chi connectivity index (χ0v) is 13.2. The summed E-state index contributed by atoms with van der Waals surface area (Å²) < 4.78 is 5.53. The van der Waals surface area contributed by atoms with Crippen LogP contribution in [0, 0.1) is 5.92 Å². The zero-order chi connectivity index (χ0) is 13.8. The highest BCUT2D eigenvalue weighted by Gasteiger charge is 2.39. The Hall–Kier alpha value is -0.120. The molecule has 2 atom stereocenters. The molecule has 1 saturated carbocycles. The molecule has 0 amide bonds. The normalized spacial score (nSPS) is 34.6.